The monoisotopic (exact) mass is 244 g/mol. The van der Waals surface area contributed by atoms with Gasteiger partial charge in [0.05, 0.1) is 6.54 Å². The summed E-state index contributed by atoms with van der Waals surface area (Å²) < 4.78 is 26.4. The summed E-state index contributed by atoms with van der Waals surface area (Å²) in [6, 6.07) is 2.77. The van der Waals surface area contributed by atoms with Gasteiger partial charge in [-0.05, 0) is 6.07 Å². The summed E-state index contributed by atoms with van der Waals surface area (Å²) in [5.41, 5.74) is 0. The SMILES string of the molecule is O=C(O)[C@@H]1CC(F)(F)CN1c1cccc(O)n1. The van der Waals surface area contributed by atoms with Crippen LogP contribution in [0.2, 0.25) is 0 Å². The molecule has 0 aliphatic carbocycles. The molecule has 17 heavy (non-hydrogen) atoms. The van der Waals surface area contributed by atoms with Crippen molar-refractivity contribution in [3.8, 4) is 5.88 Å². The Labute approximate surface area is 95.3 Å². The molecule has 0 saturated carbocycles. The van der Waals surface area contributed by atoms with Gasteiger partial charge < -0.3 is 15.1 Å². The van der Waals surface area contributed by atoms with Crippen LogP contribution in [0.1, 0.15) is 6.42 Å². The number of aromatic hydroxyl groups is 1. The van der Waals surface area contributed by atoms with Crippen molar-refractivity contribution in [3.63, 3.8) is 0 Å². The Hall–Kier alpha value is -1.92. The molecule has 2 rings (SSSR count). The number of nitrogens with zero attached hydrogens (tertiary/aromatic N) is 2. The minimum atomic E-state index is -3.06. The highest BCUT2D eigenvalue weighted by Crippen LogP contribution is 2.35. The third-order valence-corrected chi connectivity index (χ3v) is 2.57. The largest absolute Gasteiger partial charge is 0.493 e. The van der Waals surface area contributed by atoms with E-state index in [4.69, 9.17) is 10.2 Å². The number of alkyl halides is 2. The summed E-state index contributed by atoms with van der Waals surface area (Å²) in [5.74, 6) is -4.68. The molecule has 1 aliphatic rings. The summed E-state index contributed by atoms with van der Waals surface area (Å²) in [6.45, 7) is -0.708. The zero-order chi connectivity index (χ0) is 12.6. The normalized spacial score (nSPS) is 22.7. The van der Waals surface area contributed by atoms with Crippen LogP contribution in [0.5, 0.6) is 5.88 Å². The van der Waals surface area contributed by atoms with Crippen LogP contribution in [0.15, 0.2) is 18.2 Å². The highest BCUT2D eigenvalue weighted by Gasteiger charge is 2.48. The average molecular weight is 244 g/mol. The smallest absolute Gasteiger partial charge is 0.326 e. The van der Waals surface area contributed by atoms with Crippen molar-refractivity contribution in [2.24, 2.45) is 0 Å². The van der Waals surface area contributed by atoms with E-state index >= 15 is 0 Å². The van der Waals surface area contributed by atoms with Gasteiger partial charge in [-0.25, -0.2) is 13.6 Å². The van der Waals surface area contributed by atoms with Crippen LogP contribution in [0, 0.1) is 0 Å². The first kappa shape index (κ1) is 11.6. The van der Waals surface area contributed by atoms with Crippen LogP contribution < -0.4 is 4.90 Å². The molecule has 5 nitrogen and oxygen atoms in total. The van der Waals surface area contributed by atoms with E-state index in [9.17, 15) is 13.6 Å². The van der Waals surface area contributed by atoms with Gasteiger partial charge in [0.1, 0.15) is 11.9 Å². The zero-order valence-electron chi connectivity index (χ0n) is 8.68. The molecule has 1 aromatic rings. The molecular formula is C10H10F2N2O3. The average Bonchev–Trinajstić information content (AvgIpc) is 2.55. The van der Waals surface area contributed by atoms with Crippen molar-refractivity contribution in [2.45, 2.75) is 18.4 Å². The van der Waals surface area contributed by atoms with E-state index in [1.54, 1.807) is 0 Å². The number of halogens is 2. The van der Waals surface area contributed by atoms with E-state index in [1.807, 2.05) is 0 Å². The quantitative estimate of drug-likeness (QED) is 0.814. The number of hydrogen-bond donors (Lipinski definition) is 2. The summed E-state index contributed by atoms with van der Waals surface area (Å²) >= 11 is 0. The van der Waals surface area contributed by atoms with Gasteiger partial charge in [-0.15, -0.1) is 0 Å². The molecule has 1 aliphatic heterocycles. The van der Waals surface area contributed by atoms with Gasteiger partial charge in [0.2, 0.25) is 5.88 Å². The number of carboxylic acids is 1. The van der Waals surface area contributed by atoms with E-state index in [0.29, 0.717) is 0 Å². The summed E-state index contributed by atoms with van der Waals surface area (Å²) in [7, 11) is 0. The lowest BCUT2D eigenvalue weighted by molar-refractivity contribution is -0.139. The number of carbonyl (C=O) groups is 1. The van der Waals surface area contributed by atoms with E-state index < -0.39 is 30.9 Å². The van der Waals surface area contributed by atoms with Gasteiger partial charge in [0.25, 0.3) is 5.92 Å². The van der Waals surface area contributed by atoms with Crippen molar-refractivity contribution in [1.82, 2.24) is 4.98 Å². The van der Waals surface area contributed by atoms with Crippen LogP contribution in [0.4, 0.5) is 14.6 Å². The van der Waals surface area contributed by atoms with Gasteiger partial charge in [-0.2, -0.15) is 4.98 Å². The number of pyridine rings is 1. The number of hydrogen-bond acceptors (Lipinski definition) is 4. The molecule has 1 aromatic heterocycles. The summed E-state index contributed by atoms with van der Waals surface area (Å²) in [4.78, 5) is 15.5. The number of aliphatic carboxylic acids is 1. The minimum absolute atomic E-state index is 0.0366. The van der Waals surface area contributed by atoms with Crippen molar-refractivity contribution in [1.29, 1.82) is 0 Å². The summed E-state index contributed by atoms with van der Waals surface area (Å²) in [6.07, 6.45) is -0.750. The molecule has 7 heteroatoms. The van der Waals surface area contributed by atoms with E-state index in [0.717, 1.165) is 4.90 Å². The standard InChI is InChI=1S/C10H10F2N2O3/c11-10(12)4-6(9(16)17)14(5-10)7-2-1-3-8(15)13-7/h1-3,6H,4-5H2,(H,13,15)(H,16,17)/t6-/m0/s1. The molecule has 2 N–H and O–H groups in total. The predicted molar refractivity (Wildman–Crippen MR) is 54.2 cm³/mol. The molecule has 1 atom stereocenters. The Morgan fingerprint density at radius 3 is 2.82 bits per heavy atom. The predicted octanol–water partition coefficient (Wildman–Crippen LogP) is 1.09. The Kier molecular flexibility index (Phi) is 2.60. The van der Waals surface area contributed by atoms with Gasteiger partial charge in [0, 0.05) is 12.5 Å². The first-order valence-corrected chi connectivity index (χ1v) is 4.92. The fourth-order valence-electron chi connectivity index (χ4n) is 1.85. The van der Waals surface area contributed by atoms with Gasteiger partial charge in [0.15, 0.2) is 0 Å². The highest BCUT2D eigenvalue weighted by atomic mass is 19.3. The van der Waals surface area contributed by atoms with Crippen LogP contribution in [-0.4, -0.2) is 39.7 Å². The minimum Gasteiger partial charge on any atom is -0.493 e. The molecule has 2 heterocycles. The topological polar surface area (TPSA) is 73.7 Å². The lowest BCUT2D eigenvalue weighted by atomic mass is 10.2. The molecule has 0 unspecified atom stereocenters. The fourth-order valence-corrected chi connectivity index (χ4v) is 1.85. The molecule has 0 bridgehead atoms. The second kappa shape index (κ2) is 3.83. The fraction of sp³-hybridized carbons (Fsp3) is 0.400. The Bertz CT molecular complexity index is 453. The number of anilines is 1. The van der Waals surface area contributed by atoms with Gasteiger partial charge >= 0.3 is 5.97 Å². The van der Waals surface area contributed by atoms with Crippen molar-refractivity contribution < 1.29 is 23.8 Å². The maximum Gasteiger partial charge on any atom is 0.326 e. The maximum absolute atomic E-state index is 13.2. The zero-order valence-corrected chi connectivity index (χ0v) is 8.68. The summed E-state index contributed by atoms with van der Waals surface area (Å²) in [5, 5.41) is 18.0. The first-order chi connectivity index (χ1) is 7.89. The van der Waals surface area contributed by atoms with Crippen molar-refractivity contribution in [3.05, 3.63) is 18.2 Å². The van der Waals surface area contributed by atoms with Gasteiger partial charge in [-0.3, -0.25) is 0 Å². The molecule has 1 saturated heterocycles. The number of carboxylic acid groups (broad SMARTS) is 1. The molecular weight excluding hydrogens is 234 g/mol. The van der Waals surface area contributed by atoms with E-state index in [-0.39, 0.29) is 11.7 Å². The third-order valence-electron chi connectivity index (χ3n) is 2.57. The molecule has 1 fully saturated rings. The van der Waals surface area contributed by atoms with Crippen LogP contribution in [-0.2, 0) is 4.79 Å². The van der Waals surface area contributed by atoms with Crippen LogP contribution in [0.3, 0.4) is 0 Å². The molecule has 92 valence electrons. The Balaban J connectivity index is 2.33. The molecule has 0 spiro atoms. The van der Waals surface area contributed by atoms with E-state index in [2.05, 4.69) is 4.98 Å². The third kappa shape index (κ3) is 2.27. The number of aromatic nitrogens is 1. The van der Waals surface area contributed by atoms with Crippen molar-refractivity contribution >= 4 is 11.8 Å². The highest BCUT2D eigenvalue weighted by molar-refractivity contribution is 5.79. The molecule has 0 amide bonds. The van der Waals surface area contributed by atoms with Crippen LogP contribution in [0.25, 0.3) is 0 Å². The number of rotatable bonds is 2. The Morgan fingerprint density at radius 2 is 2.24 bits per heavy atom. The molecule has 0 aromatic carbocycles. The lowest BCUT2D eigenvalue weighted by Crippen LogP contribution is -2.36. The van der Waals surface area contributed by atoms with Crippen molar-refractivity contribution in [2.75, 3.05) is 11.4 Å². The second-order valence-electron chi connectivity index (χ2n) is 3.90. The van der Waals surface area contributed by atoms with Crippen LogP contribution >= 0.6 is 0 Å². The maximum atomic E-state index is 13.2. The second-order valence-corrected chi connectivity index (χ2v) is 3.90. The van der Waals surface area contributed by atoms with E-state index in [1.165, 1.54) is 18.2 Å². The Morgan fingerprint density at radius 1 is 1.53 bits per heavy atom. The van der Waals surface area contributed by atoms with Gasteiger partial charge in [-0.1, -0.05) is 6.07 Å². The molecule has 0 radical (unpaired) electrons. The first-order valence-electron chi connectivity index (χ1n) is 4.92. The lowest BCUT2D eigenvalue weighted by Gasteiger charge is -2.21.